The van der Waals surface area contributed by atoms with Crippen molar-refractivity contribution in [1.29, 1.82) is 0 Å². The summed E-state index contributed by atoms with van der Waals surface area (Å²) in [4.78, 5) is 27.1. The number of benzene rings is 1. The normalized spacial score (nSPS) is 17.8. The van der Waals surface area contributed by atoms with E-state index >= 15 is 0 Å². The lowest BCUT2D eigenvalue weighted by molar-refractivity contribution is -0.130. The summed E-state index contributed by atoms with van der Waals surface area (Å²) in [5.41, 5.74) is 0.126. The van der Waals surface area contributed by atoms with Gasteiger partial charge in [0.2, 0.25) is 0 Å². The Balaban J connectivity index is 2.55. The molecule has 0 radical (unpaired) electrons. The Morgan fingerprint density at radius 1 is 1.31 bits per heavy atom. The third kappa shape index (κ3) is 3.90. The molecule has 6 heteroatoms. The number of carbonyl (C=O) groups is 2. The average molecular weight is 361 g/mol. The van der Waals surface area contributed by atoms with E-state index in [1.165, 1.54) is 4.90 Å². The predicted octanol–water partition coefficient (Wildman–Crippen LogP) is 3.04. The molecule has 1 amide bonds. The zero-order valence-corrected chi connectivity index (χ0v) is 16.0. The smallest absolute Gasteiger partial charge is 0.290 e. The maximum Gasteiger partial charge on any atom is 0.290 e. The summed E-state index contributed by atoms with van der Waals surface area (Å²) in [5, 5.41) is 10.5. The molecule has 0 spiro atoms. The summed E-state index contributed by atoms with van der Waals surface area (Å²) in [6.45, 7) is 8.27. The molecular formula is C20H27NO5. The summed E-state index contributed by atoms with van der Waals surface area (Å²) in [6, 6.07) is 6.60. The molecule has 1 N–H and O–H groups in total. The molecule has 0 saturated carbocycles. The molecule has 1 aliphatic rings. The lowest BCUT2D eigenvalue weighted by Gasteiger charge is -2.28. The van der Waals surface area contributed by atoms with Crippen LogP contribution in [-0.2, 0) is 14.3 Å². The van der Waals surface area contributed by atoms with Crippen molar-refractivity contribution in [3.05, 3.63) is 41.2 Å². The van der Waals surface area contributed by atoms with Crippen LogP contribution in [0.1, 0.15) is 39.3 Å². The van der Waals surface area contributed by atoms with Gasteiger partial charge >= 0.3 is 0 Å². The number of hydrogen-bond donors (Lipinski definition) is 1. The fraction of sp³-hybridized carbons (Fsp3) is 0.500. The van der Waals surface area contributed by atoms with Gasteiger partial charge in [0, 0.05) is 19.1 Å². The number of carbonyl (C=O) groups excluding carboxylic acids is 2. The van der Waals surface area contributed by atoms with E-state index < -0.39 is 23.1 Å². The highest BCUT2D eigenvalue weighted by molar-refractivity contribution is 6.10. The number of ether oxygens (including phenoxy) is 2. The molecule has 2 rings (SSSR count). The first-order valence-electron chi connectivity index (χ1n) is 8.73. The van der Waals surface area contributed by atoms with Gasteiger partial charge in [-0.05, 0) is 24.6 Å². The van der Waals surface area contributed by atoms with Crippen LogP contribution in [0.3, 0.4) is 0 Å². The van der Waals surface area contributed by atoms with Crippen molar-refractivity contribution in [3.8, 4) is 5.75 Å². The minimum atomic E-state index is -0.726. The first-order chi connectivity index (χ1) is 12.2. The van der Waals surface area contributed by atoms with Gasteiger partial charge in [0.25, 0.3) is 5.91 Å². The third-order valence-corrected chi connectivity index (χ3v) is 4.25. The summed E-state index contributed by atoms with van der Waals surface area (Å²) in [5.74, 6) is -0.637. The van der Waals surface area contributed by atoms with E-state index in [1.807, 2.05) is 25.1 Å². The quantitative estimate of drug-likeness (QED) is 0.808. The van der Waals surface area contributed by atoms with Crippen molar-refractivity contribution in [1.82, 2.24) is 4.90 Å². The van der Waals surface area contributed by atoms with E-state index in [0.717, 1.165) is 5.56 Å². The van der Waals surface area contributed by atoms with Gasteiger partial charge in [-0.15, -0.1) is 0 Å². The Morgan fingerprint density at radius 2 is 2.00 bits per heavy atom. The SMILES string of the molecule is CCOc1cccc(C2C(C(=O)C(C)(C)C)=C(O)C(=O)N2CCOC)c1. The lowest BCUT2D eigenvalue weighted by atomic mass is 9.82. The van der Waals surface area contributed by atoms with E-state index in [9.17, 15) is 14.7 Å². The van der Waals surface area contributed by atoms with Crippen LogP contribution in [0.5, 0.6) is 5.75 Å². The van der Waals surface area contributed by atoms with E-state index in [4.69, 9.17) is 9.47 Å². The van der Waals surface area contributed by atoms with Crippen LogP contribution in [0.2, 0.25) is 0 Å². The van der Waals surface area contributed by atoms with Crippen molar-refractivity contribution in [2.45, 2.75) is 33.7 Å². The first kappa shape index (κ1) is 20.0. The van der Waals surface area contributed by atoms with Gasteiger partial charge in [0.1, 0.15) is 5.75 Å². The molecule has 6 nitrogen and oxygen atoms in total. The maximum atomic E-state index is 13.0. The molecule has 0 fully saturated rings. The molecule has 1 aliphatic heterocycles. The molecule has 0 aliphatic carbocycles. The highest BCUT2D eigenvalue weighted by Gasteiger charge is 2.45. The minimum Gasteiger partial charge on any atom is -0.503 e. The summed E-state index contributed by atoms with van der Waals surface area (Å²) in [7, 11) is 1.54. The van der Waals surface area contributed by atoms with Crippen LogP contribution >= 0.6 is 0 Å². The first-order valence-corrected chi connectivity index (χ1v) is 8.73. The van der Waals surface area contributed by atoms with Gasteiger partial charge in [-0.1, -0.05) is 32.9 Å². The third-order valence-electron chi connectivity index (χ3n) is 4.25. The summed E-state index contributed by atoms with van der Waals surface area (Å²) in [6.07, 6.45) is 0. The second-order valence-electron chi connectivity index (χ2n) is 7.24. The van der Waals surface area contributed by atoms with E-state index in [2.05, 4.69) is 0 Å². The van der Waals surface area contributed by atoms with Gasteiger partial charge in [-0.3, -0.25) is 9.59 Å². The van der Waals surface area contributed by atoms with E-state index in [0.29, 0.717) is 19.0 Å². The standard InChI is InChI=1S/C20H27NO5/c1-6-26-14-9-7-8-13(12-14)16-15(18(23)20(2,3)4)17(22)19(24)21(16)10-11-25-5/h7-9,12,16,22H,6,10-11H2,1-5H3. The minimum absolute atomic E-state index is 0.132. The second kappa shape index (κ2) is 7.91. The van der Waals surface area contributed by atoms with E-state index in [-0.39, 0.29) is 17.9 Å². The fourth-order valence-electron chi connectivity index (χ4n) is 3.00. The monoisotopic (exact) mass is 361 g/mol. The Hall–Kier alpha value is -2.34. The zero-order valence-electron chi connectivity index (χ0n) is 16.0. The molecule has 0 aromatic heterocycles. The molecule has 1 aromatic rings. The summed E-state index contributed by atoms with van der Waals surface area (Å²) >= 11 is 0. The number of aliphatic hydroxyl groups is 1. The average Bonchev–Trinajstić information content (AvgIpc) is 2.83. The van der Waals surface area contributed by atoms with Crippen LogP contribution in [0.4, 0.5) is 0 Å². The lowest BCUT2D eigenvalue weighted by Crippen LogP contribution is -2.35. The van der Waals surface area contributed by atoms with Crippen molar-refractivity contribution in [3.63, 3.8) is 0 Å². The van der Waals surface area contributed by atoms with Crippen LogP contribution in [0.15, 0.2) is 35.6 Å². The maximum absolute atomic E-state index is 13.0. The van der Waals surface area contributed by atoms with Crippen LogP contribution in [0, 0.1) is 5.41 Å². The van der Waals surface area contributed by atoms with E-state index in [1.54, 1.807) is 33.9 Å². The topological polar surface area (TPSA) is 76.1 Å². The Bertz CT molecular complexity index is 717. The molecule has 142 valence electrons. The number of aliphatic hydroxyl groups excluding tert-OH is 1. The summed E-state index contributed by atoms with van der Waals surface area (Å²) < 4.78 is 10.6. The molecule has 1 atom stereocenters. The Morgan fingerprint density at radius 3 is 2.58 bits per heavy atom. The van der Waals surface area contributed by atoms with Crippen LogP contribution < -0.4 is 4.74 Å². The fourth-order valence-corrected chi connectivity index (χ4v) is 3.00. The van der Waals surface area contributed by atoms with Gasteiger partial charge in [0.15, 0.2) is 11.5 Å². The number of Topliss-reactive ketones (excluding diaryl/α,β-unsaturated/α-hetero) is 1. The molecule has 0 bridgehead atoms. The largest absolute Gasteiger partial charge is 0.503 e. The molecule has 26 heavy (non-hydrogen) atoms. The number of ketones is 1. The van der Waals surface area contributed by atoms with Crippen molar-refractivity contribution in [2.75, 3.05) is 26.9 Å². The van der Waals surface area contributed by atoms with Crippen molar-refractivity contribution < 1.29 is 24.2 Å². The highest BCUT2D eigenvalue weighted by Crippen LogP contribution is 2.41. The Kier molecular flexibility index (Phi) is 6.08. The number of hydrogen-bond acceptors (Lipinski definition) is 5. The van der Waals surface area contributed by atoms with Gasteiger partial charge < -0.3 is 19.5 Å². The number of nitrogens with zero attached hydrogens (tertiary/aromatic N) is 1. The number of amides is 1. The molecule has 1 aromatic carbocycles. The van der Waals surface area contributed by atoms with Crippen molar-refractivity contribution in [2.24, 2.45) is 5.41 Å². The number of methoxy groups -OCH3 is 1. The van der Waals surface area contributed by atoms with Crippen LogP contribution in [0.25, 0.3) is 0 Å². The van der Waals surface area contributed by atoms with Gasteiger partial charge in [-0.2, -0.15) is 0 Å². The molecule has 1 unspecified atom stereocenters. The zero-order chi connectivity index (χ0) is 19.5. The van der Waals surface area contributed by atoms with Gasteiger partial charge in [0.05, 0.1) is 24.8 Å². The number of rotatable bonds is 7. The Labute approximate surface area is 154 Å². The highest BCUT2D eigenvalue weighted by atomic mass is 16.5. The molecule has 0 saturated heterocycles. The van der Waals surface area contributed by atoms with Gasteiger partial charge in [-0.25, -0.2) is 0 Å². The molecular weight excluding hydrogens is 334 g/mol. The van der Waals surface area contributed by atoms with Crippen molar-refractivity contribution >= 4 is 11.7 Å². The van der Waals surface area contributed by atoms with Crippen LogP contribution in [-0.4, -0.2) is 48.6 Å². The molecule has 1 heterocycles. The second-order valence-corrected chi connectivity index (χ2v) is 7.24. The predicted molar refractivity (Wildman–Crippen MR) is 98.1 cm³/mol.